The quantitative estimate of drug-likeness (QED) is 0.0754. The van der Waals surface area contributed by atoms with Gasteiger partial charge in [0, 0.05) is 71.0 Å². The minimum atomic E-state index is -0.936. The molecule has 0 N–H and O–H groups in total. The molecule has 360 valence electrons. The van der Waals surface area contributed by atoms with Crippen LogP contribution in [0.25, 0.3) is 12.2 Å². The Morgan fingerprint density at radius 2 is 1.00 bits per heavy atom. The van der Waals surface area contributed by atoms with Crippen LogP contribution in [0.1, 0.15) is 159 Å². The lowest BCUT2D eigenvalue weighted by Gasteiger charge is -2.48. The number of hydrogen-bond donors (Lipinski definition) is 0. The molecule has 5 aromatic rings. The number of nitro groups is 2. The zero-order valence-electron chi connectivity index (χ0n) is 42.1. The van der Waals surface area contributed by atoms with Crippen LogP contribution >= 0.6 is 0 Å². The van der Waals surface area contributed by atoms with Crippen molar-refractivity contribution < 1.29 is 19.3 Å². The Hall–Kier alpha value is -6.42. The molecule has 0 fully saturated rings. The van der Waals surface area contributed by atoms with Crippen LogP contribution in [0.4, 0.5) is 22.7 Å². The first-order chi connectivity index (χ1) is 32.8. The van der Waals surface area contributed by atoms with Gasteiger partial charge in [0.05, 0.1) is 20.7 Å². The maximum absolute atomic E-state index is 12.4. The number of rotatable bonds is 15. The highest BCUT2D eigenvalue weighted by Gasteiger charge is 2.61. The van der Waals surface area contributed by atoms with E-state index in [4.69, 9.17) is 9.47 Å². The van der Waals surface area contributed by atoms with Crippen LogP contribution in [0.3, 0.4) is 0 Å². The molecule has 0 saturated heterocycles. The van der Waals surface area contributed by atoms with Crippen LogP contribution < -0.4 is 19.3 Å². The molecule has 9 rings (SSSR count). The summed E-state index contributed by atoms with van der Waals surface area (Å²) in [5.74, 6) is 1.44. The van der Waals surface area contributed by atoms with E-state index in [0.717, 1.165) is 95.5 Å². The molecule has 5 aromatic carbocycles. The summed E-state index contributed by atoms with van der Waals surface area (Å²) in [6.07, 6.45) is 14.9. The van der Waals surface area contributed by atoms with E-state index in [-0.39, 0.29) is 32.1 Å². The summed E-state index contributed by atoms with van der Waals surface area (Å²) in [4.78, 5) is 28.8. The Bertz CT molecular complexity index is 2900. The largest absolute Gasteiger partial charge is 0.462 e. The second-order valence-corrected chi connectivity index (χ2v) is 21.9. The number of hydrogen-bond acceptors (Lipinski definition) is 8. The first kappa shape index (κ1) is 47.6. The van der Waals surface area contributed by atoms with Crippen molar-refractivity contribution in [2.24, 2.45) is 0 Å². The highest BCUT2D eigenvalue weighted by molar-refractivity contribution is 5.77. The summed E-state index contributed by atoms with van der Waals surface area (Å²) < 4.78 is 15.0. The van der Waals surface area contributed by atoms with Gasteiger partial charge in [-0.25, -0.2) is 0 Å². The molecule has 3 unspecified atom stereocenters. The van der Waals surface area contributed by atoms with Crippen molar-refractivity contribution in [1.29, 1.82) is 0 Å². The van der Waals surface area contributed by atoms with Gasteiger partial charge >= 0.3 is 0 Å². The Morgan fingerprint density at radius 3 is 1.43 bits per heavy atom. The smallest absolute Gasteiger partial charge is 0.270 e. The first-order valence-corrected chi connectivity index (χ1v) is 25.0. The van der Waals surface area contributed by atoms with E-state index >= 15 is 0 Å². The van der Waals surface area contributed by atoms with Gasteiger partial charge in [-0.05, 0) is 116 Å². The number of unbranched alkanes of at least 4 members (excludes halogenated alkanes) is 1. The van der Waals surface area contributed by atoms with E-state index in [9.17, 15) is 20.2 Å². The Morgan fingerprint density at radius 1 is 0.565 bits per heavy atom. The van der Waals surface area contributed by atoms with Gasteiger partial charge in [-0.3, -0.25) is 20.2 Å². The van der Waals surface area contributed by atoms with Gasteiger partial charge in [0.25, 0.3) is 11.4 Å². The fourth-order valence-corrected chi connectivity index (χ4v) is 12.3. The van der Waals surface area contributed by atoms with Crippen LogP contribution in [0.15, 0.2) is 109 Å². The minimum Gasteiger partial charge on any atom is -0.462 e. The third kappa shape index (κ3) is 7.51. The van der Waals surface area contributed by atoms with Crippen molar-refractivity contribution >= 4 is 34.9 Å². The normalized spacial score (nSPS) is 21.0. The lowest BCUT2D eigenvalue weighted by molar-refractivity contribution is -0.385. The van der Waals surface area contributed by atoms with E-state index in [1.807, 2.05) is 6.08 Å². The van der Waals surface area contributed by atoms with Gasteiger partial charge in [0.1, 0.15) is 11.5 Å². The van der Waals surface area contributed by atoms with Gasteiger partial charge in [0.2, 0.25) is 11.4 Å². The number of fused-ring (bicyclic) bond motifs is 4. The summed E-state index contributed by atoms with van der Waals surface area (Å²) in [6.45, 7) is 23.2. The maximum Gasteiger partial charge on any atom is 0.270 e. The van der Waals surface area contributed by atoms with E-state index < -0.39 is 22.3 Å². The molecular formula is C59H68N4O6. The van der Waals surface area contributed by atoms with Gasteiger partial charge < -0.3 is 19.3 Å². The Balaban J connectivity index is 1.08. The molecule has 0 radical (unpaired) electrons. The van der Waals surface area contributed by atoms with Gasteiger partial charge in [-0.2, -0.15) is 0 Å². The highest BCUT2D eigenvalue weighted by atomic mass is 16.6. The molecule has 4 heterocycles. The van der Waals surface area contributed by atoms with Gasteiger partial charge in [-0.1, -0.05) is 128 Å². The fraction of sp³-hybridized carbons (Fsp3) is 0.424. The Kier molecular flexibility index (Phi) is 11.9. The predicted molar refractivity (Wildman–Crippen MR) is 278 cm³/mol. The zero-order chi connectivity index (χ0) is 49.3. The summed E-state index contributed by atoms with van der Waals surface area (Å²) in [5, 5.41) is 24.6. The van der Waals surface area contributed by atoms with Crippen molar-refractivity contribution in [1.82, 2.24) is 0 Å². The third-order valence-electron chi connectivity index (χ3n) is 16.3. The van der Waals surface area contributed by atoms with E-state index in [2.05, 4.69) is 170 Å². The Labute approximate surface area is 408 Å². The summed E-state index contributed by atoms with van der Waals surface area (Å²) in [6, 6.07) is 32.8. The van der Waals surface area contributed by atoms with Crippen LogP contribution in [-0.4, -0.2) is 21.3 Å². The monoisotopic (exact) mass is 929 g/mol. The second-order valence-electron chi connectivity index (χ2n) is 21.9. The molecule has 4 aliphatic rings. The summed E-state index contributed by atoms with van der Waals surface area (Å²) in [5.41, 5.74) is 6.57. The van der Waals surface area contributed by atoms with Crippen molar-refractivity contribution in [3.63, 3.8) is 0 Å². The lowest BCUT2D eigenvalue weighted by Crippen LogP contribution is -2.59. The number of para-hydroxylation sites is 2. The van der Waals surface area contributed by atoms with Gasteiger partial charge in [0.15, 0.2) is 0 Å². The molecule has 0 bridgehead atoms. The van der Waals surface area contributed by atoms with Crippen LogP contribution in [0, 0.1) is 20.2 Å². The zero-order valence-corrected chi connectivity index (χ0v) is 42.1. The third-order valence-corrected chi connectivity index (χ3v) is 16.3. The standard InChI is InChI=1S/C59H68N4O6/c1-11-14-31-57(10,30-13-3)49-37-45(63(66)67)35-43-28-33-59(69-53(43)49)56(8,9)47-20-16-18-22-51(47)61(59)39-41-25-23-40(24-26-41)38-60-50-21-17-15-19-46(50)55(6,7)58(60)32-27-42-34-44(62(64)65)36-48(52(42)68-58)54(4,5)29-12-2/h15-28,32-37H,11-14,29-31,38-39H2,1-10H3. The van der Waals surface area contributed by atoms with Crippen molar-refractivity contribution in [3.8, 4) is 11.5 Å². The topological polar surface area (TPSA) is 111 Å². The number of anilines is 2. The highest BCUT2D eigenvalue weighted by Crippen LogP contribution is 2.59. The molecule has 69 heavy (non-hydrogen) atoms. The van der Waals surface area contributed by atoms with Crippen LogP contribution in [-0.2, 0) is 34.7 Å². The molecule has 2 spiro atoms. The average Bonchev–Trinajstić information content (AvgIpc) is 3.61. The predicted octanol–water partition coefficient (Wildman–Crippen LogP) is 15.0. The fourth-order valence-electron chi connectivity index (χ4n) is 12.3. The number of benzene rings is 5. The molecule has 0 saturated carbocycles. The first-order valence-electron chi connectivity index (χ1n) is 25.0. The van der Waals surface area contributed by atoms with Crippen LogP contribution in [0.5, 0.6) is 11.5 Å². The van der Waals surface area contributed by atoms with E-state index in [0.29, 0.717) is 18.8 Å². The number of nitrogens with zero attached hydrogens (tertiary/aromatic N) is 4. The maximum atomic E-state index is 12.4. The number of ether oxygens (including phenoxy) is 2. The average molecular weight is 929 g/mol. The molecule has 10 heteroatoms. The van der Waals surface area contributed by atoms with Crippen molar-refractivity contribution in [3.05, 3.63) is 174 Å². The van der Waals surface area contributed by atoms with E-state index in [1.165, 1.54) is 11.1 Å². The molecule has 3 atom stereocenters. The molecule has 4 aliphatic heterocycles. The number of nitro benzene ring substituents is 2. The minimum absolute atomic E-state index is 0.0687. The summed E-state index contributed by atoms with van der Waals surface area (Å²) in [7, 11) is 0. The molecule has 10 nitrogen and oxygen atoms in total. The van der Waals surface area contributed by atoms with Gasteiger partial charge in [-0.15, -0.1) is 0 Å². The summed E-state index contributed by atoms with van der Waals surface area (Å²) >= 11 is 0. The molecule has 0 aromatic heterocycles. The van der Waals surface area contributed by atoms with E-state index in [1.54, 1.807) is 24.3 Å². The molecule has 0 aliphatic carbocycles. The molecular weight excluding hydrogens is 861 g/mol. The lowest BCUT2D eigenvalue weighted by atomic mass is 9.72. The second kappa shape index (κ2) is 17.2. The van der Waals surface area contributed by atoms with Crippen molar-refractivity contribution in [2.45, 2.75) is 160 Å². The van der Waals surface area contributed by atoms with Crippen LogP contribution in [0.2, 0.25) is 0 Å². The van der Waals surface area contributed by atoms with Crippen molar-refractivity contribution in [2.75, 3.05) is 9.80 Å². The number of non-ortho nitro benzene ring substituents is 2. The SMILES string of the molecule is CCCCC(C)(CCC)c1cc([N+](=O)[O-])cc2c1OC1(C=C2)N(Cc2ccc(CN3c4ccccc4C(C)(C)C34C=Cc3cc([N+](=O)[O-])cc(C(C)(C)CCC)c3O4)cc2)c2ccccc2C1(C)C. The molecule has 0 amide bonds.